The van der Waals surface area contributed by atoms with Crippen molar-refractivity contribution in [1.82, 2.24) is 0 Å². The van der Waals surface area contributed by atoms with Crippen molar-refractivity contribution in [3.8, 4) is 0 Å². The van der Waals surface area contributed by atoms with E-state index in [4.69, 9.17) is 10.5 Å². The van der Waals surface area contributed by atoms with Crippen molar-refractivity contribution in [2.75, 3.05) is 18.5 Å². The van der Waals surface area contributed by atoms with Gasteiger partial charge in [0, 0.05) is 18.7 Å². The average Bonchev–Trinajstić information content (AvgIpc) is 2.71. The van der Waals surface area contributed by atoms with Gasteiger partial charge in [-0.25, -0.2) is 0 Å². The van der Waals surface area contributed by atoms with E-state index in [-0.39, 0.29) is 5.91 Å². The summed E-state index contributed by atoms with van der Waals surface area (Å²) in [7, 11) is 0. The van der Waals surface area contributed by atoms with Crippen LogP contribution in [0.25, 0.3) is 0 Å². The van der Waals surface area contributed by atoms with Gasteiger partial charge in [-0.2, -0.15) is 0 Å². The lowest BCUT2D eigenvalue weighted by Gasteiger charge is -2.26. The fourth-order valence-electron chi connectivity index (χ4n) is 1.83. The molecule has 1 aromatic carbocycles. The Morgan fingerprint density at radius 3 is 2.62 bits per heavy atom. The Bertz CT molecular complexity index is 381. The molecule has 1 aromatic rings. The monoisotopic (exact) mass is 220 g/mol. The van der Waals surface area contributed by atoms with E-state index in [0.29, 0.717) is 19.6 Å². The molecule has 1 aliphatic heterocycles. The number of benzene rings is 1. The van der Waals surface area contributed by atoms with Gasteiger partial charge in [-0.3, -0.25) is 4.79 Å². The quantitative estimate of drug-likeness (QED) is 0.800. The number of nitrogens with one attached hydrogen (secondary N) is 1. The number of hydrogen-bond donors (Lipinski definition) is 2. The van der Waals surface area contributed by atoms with Gasteiger partial charge in [0.1, 0.15) is 5.54 Å². The molecule has 0 bridgehead atoms. The van der Waals surface area contributed by atoms with Gasteiger partial charge in [-0.1, -0.05) is 17.7 Å². The fourth-order valence-corrected chi connectivity index (χ4v) is 1.83. The Balaban J connectivity index is 2.18. The summed E-state index contributed by atoms with van der Waals surface area (Å²) in [4.78, 5) is 11.5. The number of anilines is 1. The number of aryl methyl sites for hydroxylation is 1. The zero-order valence-electron chi connectivity index (χ0n) is 9.32. The van der Waals surface area contributed by atoms with Gasteiger partial charge >= 0.3 is 0 Å². The molecule has 1 atom stereocenters. The lowest BCUT2D eigenvalue weighted by Crippen LogP contribution is -2.51. The van der Waals surface area contributed by atoms with E-state index in [0.717, 1.165) is 5.69 Å². The third-order valence-corrected chi connectivity index (χ3v) is 2.93. The molecule has 2 rings (SSSR count). The minimum atomic E-state index is -0.741. The molecule has 3 N–H and O–H groups in total. The lowest BCUT2D eigenvalue weighted by atomic mass is 9.97. The number of ether oxygens (including phenoxy) is 1. The van der Waals surface area contributed by atoms with Gasteiger partial charge in [0.05, 0.1) is 6.61 Å². The van der Waals surface area contributed by atoms with E-state index >= 15 is 0 Å². The van der Waals surface area contributed by atoms with Crippen molar-refractivity contribution in [3.63, 3.8) is 0 Å². The van der Waals surface area contributed by atoms with Crippen molar-refractivity contribution in [1.29, 1.82) is 0 Å². The van der Waals surface area contributed by atoms with E-state index in [1.54, 1.807) is 0 Å². The first-order valence-corrected chi connectivity index (χ1v) is 5.35. The number of hydrogen-bond acceptors (Lipinski definition) is 3. The summed E-state index contributed by atoms with van der Waals surface area (Å²) >= 11 is 0. The van der Waals surface area contributed by atoms with Crippen LogP contribution in [0.4, 0.5) is 5.69 Å². The second kappa shape index (κ2) is 4.14. The zero-order valence-corrected chi connectivity index (χ0v) is 9.32. The Labute approximate surface area is 94.8 Å². The molecule has 4 heteroatoms. The van der Waals surface area contributed by atoms with Crippen LogP contribution in [-0.2, 0) is 9.53 Å². The smallest absolute Gasteiger partial charge is 0.245 e. The van der Waals surface area contributed by atoms with Gasteiger partial charge < -0.3 is 15.8 Å². The highest BCUT2D eigenvalue weighted by Gasteiger charge is 2.40. The van der Waals surface area contributed by atoms with Gasteiger partial charge in [0.25, 0.3) is 0 Å². The molecule has 1 amide bonds. The molecule has 0 aromatic heterocycles. The molecule has 1 aliphatic rings. The summed E-state index contributed by atoms with van der Waals surface area (Å²) < 4.78 is 5.25. The van der Waals surface area contributed by atoms with E-state index < -0.39 is 5.54 Å². The second-order valence-electron chi connectivity index (χ2n) is 4.24. The predicted octanol–water partition coefficient (Wildman–Crippen LogP) is 1.05. The van der Waals surface area contributed by atoms with Crippen LogP contribution in [0.5, 0.6) is 0 Å². The summed E-state index contributed by atoms with van der Waals surface area (Å²) in [6, 6.07) is 7.87. The maximum absolute atomic E-state index is 11.5. The molecule has 1 fully saturated rings. The first-order valence-electron chi connectivity index (χ1n) is 5.35. The Kier molecular flexibility index (Phi) is 2.83. The average molecular weight is 220 g/mol. The number of carbonyl (C=O) groups is 1. The van der Waals surface area contributed by atoms with Gasteiger partial charge in [-0.15, -0.1) is 0 Å². The van der Waals surface area contributed by atoms with E-state index in [1.807, 2.05) is 31.2 Å². The maximum Gasteiger partial charge on any atom is 0.245 e. The molecule has 0 radical (unpaired) electrons. The number of rotatable bonds is 3. The summed E-state index contributed by atoms with van der Waals surface area (Å²) in [5.74, 6) is -0.356. The Morgan fingerprint density at radius 1 is 1.44 bits per heavy atom. The molecule has 16 heavy (non-hydrogen) atoms. The Morgan fingerprint density at radius 2 is 2.12 bits per heavy atom. The lowest BCUT2D eigenvalue weighted by molar-refractivity contribution is -0.122. The maximum atomic E-state index is 11.5. The molecule has 0 aliphatic carbocycles. The highest BCUT2D eigenvalue weighted by molar-refractivity contribution is 5.88. The second-order valence-corrected chi connectivity index (χ2v) is 4.24. The van der Waals surface area contributed by atoms with Crippen molar-refractivity contribution in [2.24, 2.45) is 5.73 Å². The van der Waals surface area contributed by atoms with Gasteiger partial charge in [0.2, 0.25) is 5.91 Å². The van der Waals surface area contributed by atoms with Gasteiger partial charge in [-0.05, 0) is 19.1 Å². The van der Waals surface area contributed by atoms with Crippen LogP contribution in [0, 0.1) is 6.92 Å². The molecular formula is C12H16N2O2. The van der Waals surface area contributed by atoms with Crippen molar-refractivity contribution in [3.05, 3.63) is 29.8 Å². The van der Waals surface area contributed by atoms with Crippen LogP contribution >= 0.6 is 0 Å². The van der Waals surface area contributed by atoms with Crippen LogP contribution in [-0.4, -0.2) is 24.7 Å². The van der Waals surface area contributed by atoms with E-state index in [9.17, 15) is 4.79 Å². The molecule has 1 unspecified atom stereocenters. The number of nitrogens with two attached hydrogens (primary N) is 1. The highest BCUT2D eigenvalue weighted by Crippen LogP contribution is 2.24. The highest BCUT2D eigenvalue weighted by atomic mass is 16.5. The molecule has 0 saturated carbocycles. The van der Waals surface area contributed by atoms with Crippen LogP contribution < -0.4 is 11.1 Å². The van der Waals surface area contributed by atoms with Crippen molar-refractivity contribution >= 4 is 11.6 Å². The first kappa shape index (κ1) is 11.0. The van der Waals surface area contributed by atoms with E-state index in [1.165, 1.54) is 5.56 Å². The number of amides is 1. The van der Waals surface area contributed by atoms with E-state index in [2.05, 4.69) is 5.32 Å². The van der Waals surface area contributed by atoms with Gasteiger partial charge in [0.15, 0.2) is 0 Å². The minimum absolute atomic E-state index is 0.343. The zero-order chi connectivity index (χ0) is 11.6. The molecule has 1 saturated heterocycles. The van der Waals surface area contributed by atoms with Crippen LogP contribution in [0.1, 0.15) is 12.0 Å². The number of carbonyl (C=O) groups excluding carboxylic acids is 1. The third kappa shape index (κ3) is 2.02. The molecule has 86 valence electrons. The molecule has 0 spiro atoms. The fraction of sp³-hybridized carbons (Fsp3) is 0.417. The molecule has 1 heterocycles. The first-order chi connectivity index (χ1) is 7.62. The summed E-state index contributed by atoms with van der Waals surface area (Å²) in [5, 5.41) is 3.18. The third-order valence-electron chi connectivity index (χ3n) is 2.93. The topological polar surface area (TPSA) is 64.3 Å². The van der Waals surface area contributed by atoms with Crippen LogP contribution in [0.3, 0.4) is 0 Å². The molecule has 4 nitrogen and oxygen atoms in total. The van der Waals surface area contributed by atoms with Crippen molar-refractivity contribution < 1.29 is 9.53 Å². The van der Waals surface area contributed by atoms with Crippen molar-refractivity contribution in [2.45, 2.75) is 18.9 Å². The van der Waals surface area contributed by atoms with Crippen LogP contribution in [0.2, 0.25) is 0 Å². The summed E-state index contributed by atoms with van der Waals surface area (Å²) in [6.45, 7) is 2.93. The Hall–Kier alpha value is -1.55. The minimum Gasteiger partial charge on any atom is -0.378 e. The van der Waals surface area contributed by atoms with Crippen LogP contribution in [0.15, 0.2) is 24.3 Å². The largest absolute Gasteiger partial charge is 0.378 e. The molecular weight excluding hydrogens is 204 g/mol. The normalized spacial score (nSPS) is 24.3. The summed E-state index contributed by atoms with van der Waals surface area (Å²) in [5.41, 5.74) is 6.77. The predicted molar refractivity (Wildman–Crippen MR) is 62.2 cm³/mol. The SMILES string of the molecule is Cc1ccc(NC2(C(N)=O)CCOC2)cc1. The number of primary amides is 1. The summed E-state index contributed by atoms with van der Waals surface area (Å²) in [6.07, 6.45) is 0.621. The standard InChI is InChI=1S/C12H16N2O2/c1-9-2-4-10(5-3-9)14-12(11(13)15)6-7-16-8-12/h2-5,14H,6-8H2,1H3,(H2,13,15).